The Labute approximate surface area is 425 Å². The van der Waals surface area contributed by atoms with E-state index in [-0.39, 0.29) is 34.8 Å². The van der Waals surface area contributed by atoms with E-state index in [4.69, 9.17) is 5.73 Å². The Hall–Kier alpha value is -8.95. The van der Waals surface area contributed by atoms with Crippen molar-refractivity contribution in [2.45, 2.75) is 40.4 Å². The lowest BCUT2D eigenvalue weighted by atomic mass is 10.1. The number of carbonyl (C=O) groups is 6. The van der Waals surface area contributed by atoms with E-state index in [1.54, 1.807) is 26.8 Å². The Kier molecular flexibility index (Phi) is 13.5. The molecule has 5 amide bonds. The number of amides is 5. The van der Waals surface area contributed by atoms with Crippen molar-refractivity contribution in [3.63, 3.8) is 0 Å². The van der Waals surface area contributed by atoms with Crippen LogP contribution in [-0.2, 0) is 55.2 Å². The number of nitrogens with zero attached hydrogens (tertiary/aromatic N) is 6. The standard InChI is InChI=1S/2C19H17N3O2.C17H15N3O.C2H3ClO/c2*1-12(23)20-17-5-3-4-15-16(17)11-22(19(15)24)14-6-7-18-13(10-14)8-9-21(18)2;1-19-8-7-11-9-12(5-6-16(11)19)20-10-14-13(17(20)21)3-2-4-15(14)18;1-2(3)4/h2*3-10H,11H2,1-2H3,(H,20,23);2-9H,10,18H2,1H3;1H3. The lowest BCUT2D eigenvalue weighted by molar-refractivity contribution is -0.115. The topological polar surface area (TPSA) is 177 Å². The van der Waals surface area contributed by atoms with Gasteiger partial charge >= 0.3 is 0 Å². The van der Waals surface area contributed by atoms with Gasteiger partial charge in [0.05, 0.1) is 19.6 Å². The van der Waals surface area contributed by atoms with Gasteiger partial charge in [0.15, 0.2) is 0 Å². The molecule has 9 aromatic rings. The summed E-state index contributed by atoms with van der Waals surface area (Å²) in [5.41, 5.74) is 18.8. The largest absolute Gasteiger partial charge is 0.398 e. The highest BCUT2D eigenvalue weighted by Gasteiger charge is 2.33. The van der Waals surface area contributed by atoms with Crippen molar-refractivity contribution in [1.82, 2.24) is 13.7 Å². The van der Waals surface area contributed by atoms with Crippen molar-refractivity contribution in [3.8, 4) is 0 Å². The maximum atomic E-state index is 12.8. The van der Waals surface area contributed by atoms with Gasteiger partial charge in [0, 0.05) is 161 Å². The van der Waals surface area contributed by atoms with Crippen molar-refractivity contribution in [1.29, 1.82) is 0 Å². The van der Waals surface area contributed by atoms with Crippen molar-refractivity contribution in [2.75, 3.05) is 31.1 Å². The molecule has 0 fully saturated rings. The Morgan fingerprint density at radius 3 is 1.11 bits per heavy atom. The minimum Gasteiger partial charge on any atom is -0.398 e. The van der Waals surface area contributed by atoms with Crippen LogP contribution in [-0.4, -0.2) is 48.5 Å². The molecule has 6 heterocycles. The van der Waals surface area contributed by atoms with E-state index in [1.807, 2.05) is 143 Å². The molecule has 6 aromatic carbocycles. The molecule has 0 spiro atoms. The normalized spacial score (nSPS) is 13.2. The van der Waals surface area contributed by atoms with Gasteiger partial charge in [-0.15, -0.1) is 0 Å². The number of nitrogens with two attached hydrogens (primary N) is 1. The van der Waals surface area contributed by atoms with Crippen molar-refractivity contribution in [2.24, 2.45) is 21.1 Å². The van der Waals surface area contributed by atoms with E-state index in [1.165, 1.54) is 20.8 Å². The smallest absolute Gasteiger partial charge is 0.259 e. The van der Waals surface area contributed by atoms with Crippen LogP contribution < -0.4 is 31.1 Å². The summed E-state index contributed by atoms with van der Waals surface area (Å²) in [4.78, 5) is 75.4. The molecule has 368 valence electrons. The SMILES string of the molecule is CC(=O)Cl.CC(=O)Nc1cccc2c1CN(c1ccc3c(ccn3C)c1)C2=O.CC(=O)Nc1cccc2c1CN(c1ccc3c(ccn3C)c1)C2=O.Cn1ccc2cc(N3Cc4c(N)cccc4C3=O)ccc21. The minimum atomic E-state index is -0.361. The summed E-state index contributed by atoms with van der Waals surface area (Å²) >= 11 is 4.64. The van der Waals surface area contributed by atoms with E-state index >= 15 is 0 Å². The van der Waals surface area contributed by atoms with Gasteiger partial charge in [-0.25, -0.2) is 0 Å². The molecule has 0 bridgehead atoms. The Bertz CT molecular complexity index is 3550. The monoisotopic (exact) mass is 993 g/mol. The number of rotatable bonds is 5. The predicted octanol–water partition coefficient (Wildman–Crippen LogP) is 10.3. The average molecular weight is 995 g/mol. The fourth-order valence-electron chi connectivity index (χ4n) is 9.57. The molecule has 0 saturated carbocycles. The lowest BCUT2D eigenvalue weighted by Gasteiger charge is -2.16. The molecule has 0 aliphatic carbocycles. The summed E-state index contributed by atoms with van der Waals surface area (Å²) in [6.07, 6.45) is 6.03. The number of carbonyl (C=O) groups excluding carboxylic acids is 6. The van der Waals surface area contributed by atoms with Crippen molar-refractivity contribution < 1.29 is 28.8 Å². The number of benzene rings is 6. The van der Waals surface area contributed by atoms with Crippen LogP contribution >= 0.6 is 11.6 Å². The summed E-state index contributed by atoms with van der Waals surface area (Å²) in [7, 11) is 6.01. The van der Waals surface area contributed by atoms with Gasteiger partial charge in [-0.1, -0.05) is 18.2 Å². The molecule has 4 N–H and O–H groups in total. The van der Waals surface area contributed by atoms with Crippen LogP contribution in [0.3, 0.4) is 0 Å². The second-order valence-electron chi connectivity index (χ2n) is 18.1. The number of aromatic nitrogens is 3. The first kappa shape index (κ1) is 49.0. The maximum absolute atomic E-state index is 12.8. The zero-order valence-corrected chi connectivity index (χ0v) is 41.8. The van der Waals surface area contributed by atoms with Gasteiger partial charge in [-0.05, 0) is 121 Å². The predicted molar refractivity (Wildman–Crippen MR) is 289 cm³/mol. The molecule has 0 saturated heterocycles. The first-order valence-electron chi connectivity index (χ1n) is 23.4. The summed E-state index contributed by atoms with van der Waals surface area (Å²) in [5.74, 6) is -0.326. The third-order valence-electron chi connectivity index (χ3n) is 13.1. The van der Waals surface area contributed by atoms with E-state index < -0.39 is 0 Å². The highest BCUT2D eigenvalue weighted by molar-refractivity contribution is 6.62. The fraction of sp³-hybridized carbons (Fsp3) is 0.158. The number of hydrogen-bond donors (Lipinski definition) is 3. The number of halogens is 1. The third kappa shape index (κ3) is 9.77. The van der Waals surface area contributed by atoms with Crippen LogP contribution in [0.25, 0.3) is 32.7 Å². The quantitative estimate of drug-likeness (QED) is 0.113. The third-order valence-corrected chi connectivity index (χ3v) is 13.1. The maximum Gasteiger partial charge on any atom is 0.259 e. The van der Waals surface area contributed by atoms with Gasteiger partial charge < -0.3 is 44.8 Å². The molecule has 16 heteroatoms. The summed E-state index contributed by atoms with van der Waals surface area (Å²) in [6, 6.07) is 40.6. The van der Waals surface area contributed by atoms with E-state index in [9.17, 15) is 28.8 Å². The number of hydrogen-bond acceptors (Lipinski definition) is 7. The van der Waals surface area contributed by atoms with Crippen LogP contribution in [0, 0.1) is 0 Å². The molecule has 15 nitrogen and oxygen atoms in total. The number of nitrogen functional groups attached to an aromatic ring is 1. The Balaban J connectivity index is 0.000000130. The fourth-order valence-corrected chi connectivity index (χ4v) is 9.57. The van der Waals surface area contributed by atoms with Gasteiger partial charge in [-0.2, -0.15) is 0 Å². The second kappa shape index (κ2) is 20.0. The molecule has 3 aromatic heterocycles. The number of fused-ring (bicyclic) bond motifs is 6. The number of nitrogens with one attached hydrogen (secondary N) is 2. The van der Waals surface area contributed by atoms with Crippen molar-refractivity contribution >= 4 is 113 Å². The summed E-state index contributed by atoms with van der Waals surface area (Å²) in [5, 5.41) is 8.59. The van der Waals surface area contributed by atoms with Gasteiger partial charge in [0.25, 0.3) is 17.7 Å². The van der Waals surface area contributed by atoms with E-state index in [2.05, 4.69) is 48.1 Å². The van der Waals surface area contributed by atoms with Gasteiger partial charge in [0.1, 0.15) is 0 Å². The van der Waals surface area contributed by atoms with Crippen LogP contribution in [0.2, 0.25) is 0 Å². The number of anilines is 6. The zero-order chi connectivity index (χ0) is 51.8. The molecule has 3 aliphatic heterocycles. The number of aryl methyl sites for hydroxylation is 3. The molecule has 0 radical (unpaired) electrons. The van der Waals surface area contributed by atoms with Crippen LogP contribution in [0.15, 0.2) is 146 Å². The molecule has 73 heavy (non-hydrogen) atoms. The average Bonchev–Trinajstić information content (AvgIpc) is 4.22. The van der Waals surface area contributed by atoms with E-state index in [0.717, 1.165) is 66.5 Å². The van der Waals surface area contributed by atoms with Crippen molar-refractivity contribution in [3.05, 3.63) is 179 Å². The Morgan fingerprint density at radius 1 is 0.466 bits per heavy atom. The summed E-state index contributed by atoms with van der Waals surface area (Å²) < 4.78 is 6.17. The highest BCUT2D eigenvalue weighted by atomic mass is 35.5. The zero-order valence-electron chi connectivity index (χ0n) is 41.1. The van der Waals surface area contributed by atoms with Gasteiger partial charge in [-0.3, -0.25) is 28.8 Å². The Morgan fingerprint density at radius 2 is 0.781 bits per heavy atom. The molecule has 12 rings (SSSR count). The first-order valence-corrected chi connectivity index (χ1v) is 23.8. The van der Waals surface area contributed by atoms with Gasteiger partial charge in [0.2, 0.25) is 17.1 Å². The molecular weight excluding hydrogens is 942 g/mol. The first-order chi connectivity index (χ1) is 35.0. The molecular formula is C57H52ClN9O6. The molecule has 0 unspecified atom stereocenters. The molecule has 0 atom stereocenters. The van der Waals surface area contributed by atoms with E-state index in [0.29, 0.717) is 53.4 Å². The van der Waals surface area contributed by atoms with Crippen LogP contribution in [0.4, 0.5) is 34.1 Å². The minimum absolute atomic E-state index is 0.0209. The molecule has 3 aliphatic rings. The van der Waals surface area contributed by atoms with Crippen LogP contribution in [0.1, 0.15) is 68.5 Å². The summed E-state index contributed by atoms with van der Waals surface area (Å²) in [6.45, 7) is 5.70. The second-order valence-corrected chi connectivity index (χ2v) is 18.6. The van der Waals surface area contributed by atoms with Crippen LogP contribution in [0.5, 0.6) is 0 Å². The highest BCUT2D eigenvalue weighted by Crippen LogP contribution is 2.37. The lowest BCUT2D eigenvalue weighted by Crippen LogP contribution is -2.22.